The van der Waals surface area contributed by atoms with Gasteiger partial charge in [0.2, 0.25) is 5.91 Å². The number of hydrogen-bond acceptors (Lipinski definition) is 5. The van der Waals surface area contributed by atoms with Gasteiger partial charge in [-0.1, -0.05) is 0 Å². The summed E-state index contributed by atoms with van der Waals surface area (Å²) in [6.45, 7) is 2.93. The highest BCUT2D eigenvalue weighted by molar-refractivity contribution is 8.00. The van der Waals surface area contributed by atoms with E-state index in [0.717, 1.165) is 18.0 Å². The highest BCUT2D eigenvalue weighted by Gasteiger charge is 2.26. The Morgan fingerprint density at radius 2 is 1.74 bits per heavy atom. The summed E-state index contributed by atoms with van der Waals surface area (Å²) in [5, 5.41) is 20.6. The third kappa shape index (κ3) is 5.18. The van der Waals surface area contributed by atoms with Gasteiger partial charge in [-0.15, -0.1) is 0 Å². The summed E-state index contributed by atoms with van der Waals surface area (Å²) in [6, 6.07) is 7.94. The highest BCUT2D eigenvalue weighted by Crippen LogP contribution is 2.27. The fourth-order valence-corrected chi connectivity index (χ4v) is 2.54. The number of hydrogen-bond donors (Lipinski definition) is 4. The van der Waals surface area contributed by atoms with E-state index in [1.54, 1.807) is 38.1 Å². The van der Waals surface area contributed by atoms with E-state index in [1.807, 2.05) is 0 Å². The van der Waals surface area contributed by atoms with E-state index in [0.29, 0.717) is 16.6 Å². The summed E-state index contributed by atoms with van der Waals surface area (Å²) in [6.07, 6.45) is 0. The molecule has 0 unspecified atom stereocenters. The quantitative estimate of drug-likeness (QED) is 0.532. The number of aromatic carboxylic acids is 1. The summed E-state index contributed by atoms with van der Waals surface area (Å²) < 4.78 is 30.1. The summed E-state index contributed by atoms with van der Waals surface area (Å²) in [7, 11) is 0. The molecular formula is C18H18F2N2O4S. The average Bonchev–Trinajstić information content (AvgIpc) is 2.62. The minimum atomic E-state index is -1.55. The van der Waals surface area contributed by atoms with E-state index in [1.165, 1.54) is 0 Å². The molecule has 0 aromatic heterocycles. The van der Waals surface area contributed by atoms with Crippen molar-refractivity contribution in [2.45, 2.75) is 18.7 Å². The van der Waals surface area contributed by atoms with Crippen LogP contribution in [-0.2, 0) is 4.79 Å². The number of carboxylic acids is 1. The molecule has 6 nitrogen and oxygen atoms in total. The van der Waals surface area contributed by atoms with Gasteiger partial charge in [-0.2, -0.15) is 0 Å². The van der Waals surface area contributed by atoms with Gasteiger partial charge in [-0.25, -0.2) is 13.6 Å². The number of benzene rings is 2. The molecule has 144 valence electrons. The zero-order chi connectivity index (χ0) is 20.2. The predicted octanol–water partition coefficient (Wildman–Crippen LogP) is 3.74. The first-order valence-corrected chi connectivity index (χ1v) is 8.63. The fourth-order valence-electron chi connectivity index (χ4n) is 1.88. The molecule has 2 aromatic rings. The maximum atomic E-state index is 13.9. The molecule has 0 heterocycles. The lowest BCUT2D eigenvalue weighted by Crippen LogP contribution is -2.33. The van der Waals surface area contributed by atoms with Gasteiger partial charge >= 0.3 is 5.97 Å². The first-order valence-electron chi connectivity index (χ1n) is 7.81. The Balaban J connectivity index is 2.03. The van der Waals surface area contributed by atoms with E-state index < -0.39 is 28.6 Å². The Morgan fingerprint density at radius 3 is 2.30 bits per heavy atom. The molecule has 2 aromatic carbocycles. The number of halogens is 2. The van der Waals surface area contributed by atoms with Crippen LogP contribution in [-0.4, -0.2) is 28.7 Å². The number of anilines is 2. The van der Waals surface area contributed by atoms with Gasteiger partial charge in [0.25, 0.3) is 0 Å². The Morgan fingerprint density at radius 1 is 1.11 bits per heavy atom. The van der Waals surface area contributed by atoms with Crippen LogP contribution in [0.4, 0.5) is 20.2 Å². The number of rotatable bonds is 7. The molecule has 4 N–H and O–H groups in total. The third-order valence-corrected chi connectivity index (χ3v) is 4.52. The molecule has 0 spiro atoms. The van der Waals surface area contributed by atoms with E-state index in [2.05, 4.69) is 10.0 Å². The monoisotopic (exact) mass is 396 g/mol. The van der Waals surface area contributed by atoms with Gasteiger partial charge in [-0.3, -0.25) is 4.79 Å². The van der Waals surface area contributed by atoms with Crippen molar-refractivity contribution in [1.29, 1.82) is 0 Å². The number of carbonyl (C=O) groups is 2. The van der Waals surface area contributed by atoms with Crippen LogP contribution in [0.5, 0.6) is 0 Å². The molecule has 0 fully saturated rings. The molecule has 9 heteroatoms. The molecule has 0 aliphatic carbocycles. The third-order valence-electron chi connectivity index (χ3n) is 3.69. The highest BCUT2D eigenvalue weighted by atomic mass is 32.2. The molecule has 0 saturated heterocycles. The predicted molar refractivity (Wildman–Crippen MR) is 98.7 cm³/mol. The largest absolute Gasteiger partial charge is 0.478 e. The van der Waals surface area contributed by atoms with E-state index in [4.69, 9.17) is 5.11 Å². The van der Waals surface area contributed by atoms with Crippen molar-refractivity contribution in [3.8, 4) is 0 Å². The van der Waals surface area contributed by atoms with Crippen LogP contribution in [0.15, 0.2) is 41.3 Å². The van der Waals surface area contributed by atoms with E-state index in [-0.39, 0.29) is 18.2 Å². The minimum Gasteiger partial charge on any atom is -0.478 e. The zero-order valence-corrected chi connectivity index (χ0v) is 15.4. The molecule has 1 amide bonds. The van der Waals surface area contributed by atoms with Crippen molar-refractivity contribution >= 4 is 35.2 Å². The molecular weight excluding hydrogens is 378 g/mol. The molecule has 0 saturated carbocycles. The average molecular weight is 396 g/mol. The Labute approximate surface area is 158 Å². The normalized spacial score (nSPS) is 11.1. The molecule has 0 aliphatic heterocycles. The van der Waals surface area contributed by atoms with E-state index in [9.17, 15) is 23.5 Å². The standard InChI is InChI=1S/C18H18F2N2O4S/c1-18(2,9-23)17(26)21-10-3-5-11(6-4-10)27-22-15-8-13(19)12(16(24)25)7-14(15)20/h3-8,22-23H,9H2,1-2H3,(H,21,26)(H,24,25). The summed E-state index contributed by atoms with van der Waals surface area (Å²) >= 11 is 0.991. The van der Waals surface area contributed by atoms with Gasteiger partial charge in [0.05, 0.1) is 23.3 Å². The van der Waals surface area contributed by atoms with Crippen molar-refractivity contribution in [3.05, 3.63) is 53.6 Å². The lowest BCUT2D eigenvalue weighted by molar-refractivity contribution is -0.125. The topological polar surface area (TPSA) is 98.7 Å². The van der Waals surface area contributed by atoms with Gasteiger partial charge in [0, 0.05) is 16.6 Å². The SMILES string of the molecule is CC(C)(CO)C(=O)Nc1ccc(SNc2cc(F)c(C(=O)O)cc2F)cc1. The lowest BCUT2D eigenvalue weighted by Gasteiger charge is -2.20. The maximum absolute atomic E-state index is 13.9. The van der Waals surface area contributed by atoms with Crippen molar-refractivity contribution in [3.63, 3.8) is 0 Å². The van der Waals surface area contributed by atoms with Crippen LogP contribution in [0.2, 0.25) is 0 Å². The second-order valence-corrected chi connectivity index (χ2v) is 7.22. The second-order valence-electron chi connectivity index (χ2n) is 6.34. The number of carboxylic acid groups (broad SMARTS) is 1. The minimum absolute atomic E-state index is 0.190. The van der Waals surface area contributed by atoms with Crippen LogP contribution >= 0.6 is 11.9 Å². The first kappa shape index (κ1) is 20.7. The summed E-state index contributed by atoms with van der Waals surface area (Å²) in [5.74, 6) is -3.82. The first-order chi connectivity index (χ1) is 12.6. The van der Waals surface area contributed by atoms with Crippen LogP contribution in [0.25, 0.3) is 0 Å². The summed E-state index contributed by atoms with van der Waals surface area (Å²) in [5.41, 5.74) is -1.33. The molecule has 0 radical (unpaired) electrons. The summed E-state index contributed by atoms with van der Waals surface area (Å²) in [4.78, 5) is 23.4. The van der Waals surface area contributed by atoms with Gasteiger partial charge in [-0.05, 0) is 56.1 Å². The smallest absolute Gasteiger partial charge is 0.338 e. The van der Waals surface area contributed by atoms with E-state index >= 15 is 0 Å². The molecule has 27 heavy (non-hydrogen) atoms. The molecule has 0 bridgehead atoms. The van der Waals surface area contributed by atoms with Crippen LogP contribution < -0.4 is 10.0 Å². The molecule has 2 rings (SSSR count). The van der Waals surface area contributed by atoms with Crippen LogP contribution in [0.1, 0.15) is 24.2 Å². The van der Waals surface area contributed by atoms with Crippen molar-refractivity contribution < 1.29 is 28.6 Å². The maximum Gasteiger partial charge on any atom is 0.338 e. The lowest BCUT2D eigenvalue weighted by atomic mass is 9.93. The zero-order valence-electron chi connectivity index (χ0n) is 14.5. The van der Waals surface area contributed by atoms with Gasteiger partial charge < -0.3 is 20.3 Å². The Kier molecular flexibility index (Phi) is 6.40. The number of aliphatic hydroxyl groups excluding tert-OH is 1. The Bertz CT molecular complexity index is 857. The number of aliphatic hydroxyl groups is 1. The van der Waals surface area contributed by atoms with Crippen LogP contribution in [0.3, 0.4) is 0 Å². The number of carbonyl (C=O) groups excluding carboxylic acids is 1. The second kappa shape index (κ2) is 8.36. The Hall–Kier alpha value is -2.65. The molecule has 0 aliphatic rings. The van der Waals surface area contributed by atoms with Gasteiger partial charge in [0.1, 0.15) is 11.6 Å². The fraction of sp³-hybridized carbons (Fsp3) is 0.222. The van der Waals surface area contributed by atoms with Gasteiger partial charge in [0.15, 0.2) is 0 Å². The number of nitrogens with one attached hydrogen (secondary N) is 2. The molecule has 0 atom stereocenters. The number of amides is 1. The van der Waals surface area contributed by atoms with Crippen LogP contribution in [0, 0.1) is 17.0 Å². The van der Waals surface area contributed by atoms with Crippen molar-refractivity contribution in [2.24, 2.45) is 5.41 Å². The van der Waals surface area contributed by atoms with Crippen molar-refractivity contribution in [2.75, 3.05) is 16.6 Å². The van der Waals surface area contributed by atoms with Crippen molar-refractivity contribution in [1.82, 2.24) is 0 Å².